The van der Waals surface area contributed by atoms with Crippen LogP contribution in [-0.4, -0.2) is 25.0 Å². The van der Waals surface area contributed by atoms with E-state index in [1.54, 1.807) is 0 Å². The van der Waals surface area contributed by atoms with Gasteiger partial charge in [0.1, 0.15) is 11.5 Å². The normalized spacial score (nSPS) is 15.0. The number of aromatic hydroxyl groups is 1. The first kappa shape index (κ1) is 15.5. The first-order valence-corrected chi connectivity index (χ1v) is 7.26. The van der Waals surface area contributed by atoms with Crippen LogP contribution in [-0.2, 0) is 0 Å². The number of hydrogen-bond donors (Lipinski definition) is 5. The van der Waals surface area contributed by atoms with E-state index < -0.39 is 39.9 Å². The highest BCUT2D eigenvalue weighted by Gasteiger charge is 2.34. The molecule has 0 radical (unpaired) electrons. The lowest BCUT2D eigenvalue weighted by Gasteiger charge is -2.28. The van der Waals surface area contributed by atoms with Crippen molar-refractivity contribution in [3.63, 3.8) is 0 Å². The fourth-order valence-electron chi connectivity index (χ4n) is 2.97. The molecule has 4 rings (SSSR count). The smallest absolute Gasteiger partial charge is 0.328 e. The molecule has 2 aromatic heterocycles. The number of hydrogen-bond acceptors (Lipinski definition) is 7. The average molecular weight is 357 g/mol. The summed E-state index contributed by atoms with van der Waals surface area (Å²) in [6, 6.07) is 3.85. The maximum atomic E-state index is 12.3. The molecule has 0 spiro atoms. The number of phenols is 1. The van der Waals surface area contributed by atoms with Crippen molar-refractivity contribution in [2.75, 3.05) is 0 Å². The molecule has 0 saturated heterocycles. The summed E-state index contributed by atoms with van der Waals surface area (Å²) in [5.41, 5.74) is -4.08. The summed E-state index contributed by atoms with van der Waals surface area (Å²) < 4.78 is 5.45. The molecule has 1 unspecified atom stereocenters. The summed E-state index contributed by atoms with van der Waals surface area (Å²) in [5, 5.41) is 21.9. The third-order valence-electron chi connectivity index (χ3n) is 3.98. The highest BCUT2D eigenvalue weighted by atomic mass is 16.5. The van der Waals surface area contributed by atoms with Crippen LogP contribution in [0.4, 0.5) is 0 Å². The molecular weight excluding hydrogens is 348 g/mol. The number of benzene rings is 1. The van der Waals surface area contributed by atoms with Gasteiger partial charge in [0.25, 0.3) is 11.1 Å². The number of ether oxygens (including phenoxy) is 1. The summed E-state index contributed by atoms with van der Waals surface area (Å²) in [6.07, 6.45) is 0. The van der Waals surface area contributed by atoms with Gasteiger partial charge in [0, 0.05) is 17.2 Å². The standard InChI is InChI=1S/C15H10N4O7/c20-4-1-2-5-6(3-4)26-13-9(12(23)18-15(25)19-13)7(5)8-10(21)16-14(24)17-11(8)22/h1-3,7,20H,(H2,18,19,23,25)(H3,16,17,21,22,24)/p-1. The van der Waals surface area contributed by atoms with Crippen molar-refractivity contribution in [1.82, 2.24) is 19.9 Å². The third-order valence-corrected chi connectivity index (χ3v) is 3.98. The molecule has 1 aliphatic heterocycles. The van der Waals surface area contributed by atoms with E-state index in [1.807, 2.05) is 15.0 Å². The number of phenolic OH excluding ortho intramolecular Hbond substituents is 1. The number of nitrogens with one attached hydrogen (secondary N) is 4. The van der Waals surface area contributed by atoms with Crippen LogP contribution in [0.1, 0.15) is 22.6 Å². The lowest BCUT2D eigenvalue weighted by molar-refractivity contribution is -0.276. The van der Waals surface area contributed by atoms with Crippen molar-refractivity contribution in [3.05, 3.63) is 76.6 Å². The van der Waals surface area contributed by atoms with E-state index in [-0.39, 0.29) is 28.5 Å². The van der Waals surface area contributed by atoms with Crippen LogP contribution in [0, 0.1) is 0 Å². The van der Waals surface area contributed by atoms with Gasteiger partial charge in [0.15, 0.2) is 0 Å². The lowest BCUT2D eigenvalue weighted by atomic mass is 9.85. The Morgan fingerprint density at radius 1 is 0.923 bits per heavy atom. The molecule has 1 aromatic carbocycles. The molecule has 11 heteroatoms. The Bertz CT molecular complexity index is 1260. The fraction of sp³-hybridized carbons (Fsp3) is 0.0667. The Morgan fingerprint density at radius 2 is 1.58 bits per heavy atom. The summed E-state index contributed by atoms with van der Waals surface area (Å²) in [4.78, 5) is 55.6. The second kappa shape index (κ2) is 5.24. The number of aromatic nitrogens is 4. The number of fused-ring (bicyclic) bond motifs is 2. The van der Waals surface area contributed by atoms with E-state index in [4.69, 9.17) is 4.74 Å². The fourth-order valence-corrected chi connectivity index (χ4v) is 2.97. The molecule has 0 aliphatic carbocycles. The number of H-pyrrole nitrogens is 4. The van der Waals surface area contributed by atoms with E-state index in [2.05, 4.69) is 4.98 Å². The highest BCUT2D eigenvalue weighted by Crippen LogP contribution is 2.45. The molecule has 5 N–H and O–H groups in total. The molecule has 0 fully saturated rings. The van der Waals surface area contributed by atoms with Crippen molar-refractivity contribution in [2.45, 2.75) is 5.92 Å². The minimum absolute atomic E-state index is 0.0359. The van der Waals surface area contributed by atoms with Crippen LogP contribution in [0.25, 0.3) is 0 Å². The molecule has 1 aliphatic rings. The predicted octanol–water partition coefficient (Wildman–Crippen LogP) is -1.50. The zero-order valence-corrected chi connectivity index (χ0v) is 12.7. The van der Waals surface area contributed by atoms with Crippen molar-refractivity contribution in [1.29, 1.82) is 0 Å². The van der Waals surface area contributed by atoms with Crippen LogP contribution < -0.4 is 32.3 Å². The quantitative estimate of drug-likeness (QED) is 0.274. The third kappa shape index (κ3) is 2.22. The molecule has 0 bridgehead atoms. The Balaban J connectivity index is 2.14. The van der Waals surface area contributed by atoms with Crippen molar-refractivity contribution < 1.29 is 14.9 Å². The number of rotatable bonds is 1. The van der Waals surface area contributed by atoms with Crippen LogP contribution in [0.3, 0.4) is 0 Å². The summed E-state index contributed by atoms with van der Waals surface area (Å²) in [6.45, 7) is 0. The van der Waals surface area contributed by atoms with Crippen LogP contribution in [0.15, 0.2) is 37.4 Å². The van der Waals surface area contributed by atoms with E-state index >= 15 is 0 Å². The van der Waals surface area contributed by atoms with Gasteiger partial charge in [0.05, 0.1) is 11.5 Å². The zero-order chi connectivity index (χ0) is 18.6. The van der Waals surface area contributed by atoms with E-state index in [1.165, 1.54) is 18.2 Å². The first-order valence-electron chi connectivity index (χ1n) is 7.26. The summed E-state index contributed by atoms with van der Waals surface area (Å²) in [7, 11) is 0. The van der Waals surface area contributed by atoms with Crippen LogP contribution >= 0.6 is 0 Å². The van der Waals surface area contributed by atoms with Crippen molar-refractivity contribution >= 4 is 0 Å². The minimum Gasteiger partial charge on any atom is -0.860 e. The molecule has 132 valence electrons. The molecular formula is C15H9N4O7-. The summed E-state index contributed by atoms with van der Waals surface area (Å²) in [5.74, 6) is -2.62. The van der Waals surface area contributed by atoms with Gasteiger partial charge in [-0.05, 0) is 11.9 Å². The molecule has 1 atom stereocenters. The van der Waals surface area contributed by atoms with Gasteiger partial charge >= 0.3 is 11.4 Å². The Morgan fingerprint density at radius 3 is 2.27 bits per heavy atom. The maximum absolute atomic E-state index is 12.3. The maximum Gasteiger partial charge on any atom is 0.328 e. The largest absolute Gasteiger partial charge is 0.860 e. The second-order valence-electron chi connectivity index (χ2n) is 5.56. The van der Waals surface area contributed by atoms with E-state index in [0.29, 0.717) is 0 Å². The molecule has 3 aromatic rings. The van der Waals surface area contributed by atoms with Gasteiger partial charge in [-0.15, -0.1) is 0 Å². The monoisotopic (exact) mass is 357 g/mol. The SMILES string of the molecule is O=c1[nH]c([O-])c(C2c3ccc(O)cc3Oc3[nH]c(=O)[nH]c(=O)c32)c(=O)[nH]1. The molecule has 0 saturated carbocycles. The molecule has 3 heterocycles. The lowest BCUT2D eigenvalue weighted by Crippen LogP contribution is -2.35. The van der Waals surface area contributed by atoms with E-state index in [9.17, 15) is 29.4 Å². The topological polar surface area (TPSA) is 184 Å². The van der Waals surface area contributed by atoms with E-state index in [0.717, 1.165) is 0 Å². The van der Waals surface area contributed by atoms with Crippen LogP contribution in [0.5, 0.6) is 23.3 Å². The van der Waals surface area contributed by atoms with Gasteiger partial charge < -0.3 is 19.9 Å². The highest BCUT2D eigenvalue weighted by molar-refractivity contribution is 5.58. The Kier molecular flexibility index (Phi) is 3.12. The Labute approximate surface area is 141 Å². The zero-order valence-electron chi connectivity index (χ0n) is 12.7. The van der Waals surface area contributed by atoms with Crippen molar-refractivity contribution in [3.8, 4) is 23.3 Å². The average Bonchev–Trinajstić information content (AvgIpc) is 2.52. The molecule has 0 amide bonds. The Hall–Kier alpha value is -4.02. The van der Waals surface area contributed by atoms with Gasteiger partial charge in [-0.25, -0.2) is 9.59 Å². The van der Waals surface area contributed by atoms with Gasteiger partial charge in [-0.3, -0.25) is 24.5 Å². The second-order valence-corrected chi connectivity index (χ2v) is 5.56. The van der Waals surface area contributed by atoms with Crippen LogP contribution in [0.2, 0.25) is 0 Å². The first-order chi connectivity index (χ1) is 12.3. The summed E-state index contributed by atoms with van der Waals surface area (Å²) >= 11 is 0. The van der Waals surface area contributed by atoms with Crippen molar-refractivity contribution in [2.24, 2.45) is 0 Å². The van der Waals surface area contributed by atoms with Gasteiger partial charge in [0.2, 0.25) is 5.88 Å². The van der Waals surface area contributed by atoms with Gasteiger partial charge in [-0.2, -0.15) is 0 Å². The molecule has 11 nitrogen and oxygen atoms in total. The predicted molar refractivity (Wildman–Crippen MR) is 83.9 cm³/mol. The molecule has 26 heavy (non-hydrogen) atoms. The number of aromatic amines is 4. The van der Waals surface area contributed by atoms with Gasteiger partial charge in [-0.1, -0.05) is 6.07 Å². The minimum atomic E-state index is -1.23.